The van der Waals surface area contributed by atoms with Gasteiger partial charge in [-0.3, -0.25) is 0 Å². The molecule has 2 heteroatoms. The van der Waals surface area contributed by atoms with Crippen molar-refractivity contribution in [2.24, 2.45) is 5.92 Å². The Balaban J connectivity index is 2.51. The Bertz CT molecular complexity index is 120. The molecule has 0 amide bonds. The predicted octanol–water partition coefficient (Wildman–Crippen LogP) is 1.18. The van der Waals surface area contributed by atoms with Crippen molar-refractivity contribution in [3.05, 3.63) is 12.2 Å². The van der Waals surface area contributed by atoms with Crippen molar-refractivity contribution in [3.8, 4) is 0 Å². The first kappa shape index (κ1) is 6.78. The Morgan fingerprint density at radius 2 is 2.44 bits per heavy atom. The summed E-state index contributed by atoms with van der Waals surface area (Å²) < 4.78 is 10.2. The second kappa shape index (κ2) is 2.50. The van der Waals surface area contributed by atoms with Gasteiger partial charge < -0.3 is 9.47 Å². The average molecular weight is 128 g/mol. The predicted molar refractivity (Wildman–Crippen MR) is 35.1 cm³/mol. The van der Waals surface area contributed by atoms with E-state index < -0.39 is 0 Å². The molecule has 9 heavy (non-hydrogen) atoms. The fraction of sp³-hybridized carbons (Fsp3) is 0.714. The molecule has 1 saturated heterocycles. The van der Waals surface area contributed by atoms with Crippen molar-refractivity contribution in [1.29, 1.82) is 0 Å². The lowest BCUT2D eigenvalue weighted by atomic mass is 10.1. The van der Waals surface area contributed by atoms with E-state index in [0.29, 0.717) is 5.92 Å². The van der Waals surface area contributed by atoms with Gasteiger partial charge in [-0.15, -0.1) is 0 Å². The molecule has 0 saturated carbocycles. The molecule has 2 unspecified atom stereocenters. The van der Waals surface area contributed by atoms with Crippen LogP contribution in [-0.2, 0) is 9.47 Å². The number of methoxy groups -OCH3 is 1. The molecule has 1 aliphatic rings. The van der Waals surface area contributed by atoms with Crippen LogP contribution in [-0.4, -0.2) is 20.0 Å². The third-order valence-electron chi connectivity index (χ3n) is 1.65. The summed E-state index contributed by atoms with van der Waals surface area (Å²) in [6, 6.07) is 0. The van der Waals surface area contributed by atoms with Crippen molar-refractivity contribution in [1.82, 2.24) is 0 Å². The highest BCUT2D eigenvalue weighted by molar-refractivity contribution is 5.06. The third kappa shape index (κ3) is 1.14. The summed E-state index contributed by atoms with van der Waals surface area (Å²) in [4.78, 5) is 0. The van der Waals surface area contributed by atoms with Crippen LogP contribution in [0.3, 0.4) is 0 Å². The largest absolute Gasteiger partial charge is 0.352 e. The lowest BCUT2D eigenvalue weighted by Gasteiger charge is -2.07. The van der Waals surface area contributed by atoms with Gasteiger partial charge in [-0.05, 0) is 5.57 Å². The van der Waals surface area contributed by atoms with E-state index in [-0.39, 0.29) is 6.29 Å². The van der Waals surface area contributed by atoms with Crippen LogP contribution in [0.2, 0.25) is 0 Å². The van der Waals surface area contributed by atoms with Gasteiger partial charge in [0.15, 0.2) is 6.29 Å². The lowest BCUT2D eigenvalue weighted by Crippen LogP contribution is -2.09. The Hall–Kier alpha value is -0.340. The van der Waals surface area contributed by atoms with Crippen LogP contribution >= 0.6 is 0 Å². The highest BCUT2D eigenvalue weighted by atomic mass is 16.7. The maximum Gasteiger partial charge on any atom is 0.179 e. The smallest absolute Gasteiger partial charge is 0.179 e. The molecule has 0 aromatic carbocycles. The normalized spacial score (nSPS) is 35.6. The van der Waals surface area contributed by atoms with Gasteiger partial charge in [0.05, 0.1) is 6.61 Å². The second-order valence-electron chi connectivity index (χ2n) is 2.38. The van der Waals surface area contributed by atoms with Crippen molar-refractivity contribution in [2.75, 3.05) is 13.7 Å². The van der Waals surface area contributed by atoms with Gasteiger partial charge in [-0.2, -0.15) is 0 Å². The Morgan fingerprint density at radius 3 is 2.67 bits per heavy atom. The summed E-state index contributed by atoms with van der Waals surface area (Å²) in [5.41, 5.74) is 1.05. The molecule has 2 nitrogen and oxygen atoms in total. The summed E-state index contributed by atoms with van der Waals surface area (Å²) in [5, 5.41) is 0. The number of ether oxygens (including phenoxy) is 2. The van der Waals surface area contributed by atoms with Crippen LogP contribution < -0.4 is 0 Å². The number of hydrogen-bond donors (Lipinski definition) is 0. The highest BCUT2D eigenvalue weighted by Gasteiger charge is 2.25. The van der Waals surface area contributed by atoms with Crippen LogP contribution in [0.5, 0.6) is 0 Å². The maximum atomic E-state index is 5.20. The Kier molecular flexibility index (Phi) is 1.88. The van der Waals surface area contributed by atoms with E-state index in [1.54, 1.807) is 7.11 Å². The van der Waals surface area contributed by atoms with Gasteiger partial charge in [0.1, 0.15) is 0 Å². The van der Waals surface area contributed by atoms with Crippen LogP contribution in [0.4, 0.5) is 0 Å². The maximum absolute atomic E-state index is 5.20. The van der Waals surface area contributed by atoms with E-state index >= 15 is 0 Å². The minimum atomic E-state index is -0.153. The molecule has 0 aromatic heterocycles. The summed E-state index contributed by atoms with van der Waals surface area (Å²) in [7, 11) is 1.63. The quantitative estimate of drug-likeness (QED) is 0.494. The number of hydrogen-bond acceptors (Lipinski definition) is 2. The van der Waals surface area contributed by atoms with E-state index in [2.05, 4.69) is 13.5 Å². The molecular weight excluding hydrogens is 116 g/mol. The van der Waals surface area contributed by atoms with E-state index in [1.165, 1.54) is 0 Å². The molecule has 0 spiro atoms. The molecule has 0 aliphatic carbocycles. The van der Waals surface area contributed by atoms with Crippen molar-refractivity contribution in [2.45, 2.75) is 13.2 Å². The van der Waals surface area contributed by atoms with Gasteiger partial charge in [0.2, 0.25) is 0 Å². The van der Waals surface area contributed by atoms with Gasteiger partial charge in [-0.1, -0.05) is 13.5 Å². The molecule has 0 aromatic rings. The van der Waals surface area contributed by atoms with Crippen molar-refractivity contribution >= 4 is 0 Å². The molecule has 0 N–H and O–H groups in total. The van der Waals surface area contributed by atoms with Crippen molar-refractivity contribution in [3.63, 3.8) is 0 Å². The highest BCUT2D eigenvalue weighted by Crippen LogP contribution is 2.23. The van der Waals surface area contributed by atoms with E-state index in [0.717, 1.165) is 12.2 Å². The molecule has 1 fully saturated rings. The molecular formula is C7H12O2. The van der Waals surface area contributed by atoms with E-state index in [9.17, 15) is 0 Å². The fourth-order valence-electron chi connectivity index (χ4n) is 0.898. The molecule has 52 valence electrons. The minimum absolute atomic E-state index is 0.153. The number of rotatable bonds is 1. The molecule has 0 bridgehead atoms. The van der Waals surface area contributed by atoms with Crippen LogP contribution in [0, 0.1) is 5.92 Å². The lowest BCUT2D eigenvalue weighted by molar-refractivity contribution is -0.0701. The van der Waals surface area contributed by atoms with Gasteiger partial charge in [-0.25, -0.2) is 0 Å². The molecule has 1 aliphatic heterocycles. The second-order valence-corrected chi connectivity index (χ2v) is 2.38. The first-order valence-electron chi connectivity index (χ1n) is 3.08. The first-order valence-corrected chi connectivity index (χ1v) is 3.08. The van der Waals surface area contributed by atoms with Gasteiger partial charge in [0, 0.05) is 13.0 Å². The zero-order chi connectivity index (χ0) is 6.85. The summed E-state index contributed by atoms with van der Waals surface area (Å²) >= 11 is 0. The standard InChI is InChI=1S/C7H12O2/c1-5-4-9-7(8-3)6(5)2/h5,7H,2,4H2,1,3H3. The molecule has 1 rings (SSSR count). The SMILES string of the molecule is C=C1C(C)COC1OC. The average Bonchev–Trinajstić information content (AvgIpc) is 2.15. The molecule has 2 atom stereocenters. The van der Waals surface area contributed by atoms with Crippen molar-refractivity contribution < 1.29 is 9.47 Å². The first-order chi connectivity index (χ1) is 4.25. The zero-order valence-corrected chi connectivity index (χ0v) is 5.89. The monoisotopic (exact) mass is 128 g/mol. The third-order valence-corrected chi connectivity index (χ3v) is 1.65. The molecule has 1 heterocycles. The topological polar surface area (TPSA) is 18.5 Å². The summed E-state index contributed by atoms with van der Waals surface area (Å²) in [6.45, 7) is 6.67. The Morgan fingerprint density at radius 1 is 1.78 bits per heavy atom. The van der Waals surface area contributed by atoms with Crippen LogP contribution in [0.25, 0.3) is 0 Å². The van der Waals surface area contributed by atoms with E-state index in [4.69, 9.17) is 9.47 Å². The van der Waals surface area contributed by atoms with Gasteiger partial charge in [0.25, 0.3) is 0 Å². The molecule has 0 radical (unpaired) electrons. The summed E-state index contributed by atoms with van der Waals surface area (Å²) in [5.74, 6) is 0.454. The Labute approximate surface area is 55.5 Å². The van der Waals surface area contributed by atoms with Crippen LogP contribution in [0.1, 0.15) is 6.92 Å². The van der Waals surface area contributed by atoms with Gasteiger partial charge >= 0.3 is 0 Å². The fourth-order valence-corrected chi connectivity index (χ4v) is 0.898. The summed E-state index contributed by atoms with van der Waals surface area (Å²) in [6.07, 6.45) is -0.153. The minimum Gasteiger partial charge on any atom is -0.352 e. The zero-order valence-electron chi connectivity index (χ0n) is 5.89. The van der Waals surface area contributed by atoms with Crippen LogP contribution in [0.15, 0.2) is 12.2 Å². The van der Waals surface area contributed by atoms with E-state index in [1.807, 2.05) is 0 Å².